The first kappa shape index (κ1) is 18.0. The molecule has 0 bridgehead atoms. The van der Waals surface area contributed by atoms with Crippen molar-refractivity contribution in [3.63, 3.8) is 0 Å². The van der Waals surface area contributed by atoms with Gasteiger partial charge in [0.05, 0.1) is 16.8 Å². The largest absolute Gasteiger partial charge is 0.396 e. The van der Waals surface area contributed by atoms with Crippen molar-refractivity contribution in [3.05, 3.63) is 35.8 Å². The Balaban J connectivity index is 1.67. The molecule has 1 aromatic heterocycles. The summed E-state index contributed by atoms with van der Waals surface area (Å²) in [4.78, 5) is 4.26. The van der Waals surface area contributed by atoms with Gasteiger partial charge in [-0.05, 0) is 63.6 Å². The van der Waals surface area contributed by atoms with Crippen molar-refractivity contribution in [2.75, 3.05) is 5.73 Å². The van der Waals surface area contributed by atoms with Gasteiger partial charge in [-0.1, -0.05) is 0 Å². The number of aliphatic hydroxyl groups excluding tert-OH is 1. The number of hydrogen-bond donors (Lipinski definition) is 4. The van der Waals surface area contributed by atoms with E-state index in [1.54, 1.807) is 12.3 Å². The SMILES string of the molecule is CC(C)(O)C1CCC(NC(O)c2cnc3cc(N)c(F)cc3c2)CC1. The molecule has 0 amide bonds. The van der Waals surface area contributed by atoms with Crippen LogP contribution in [0.25, 0.3) is 10.9 Å². The zero-order chi connectivity index (χ0) is 18.2. The number of anilines is 1. The van der Waals surface area contributed by atoms with E-state index in [2.05, 4.69) is 10.3 Å². The smallest absolute Gasteiger partial charge is 0.146 e. The lowest BCUT2D eigenvalue weighted by atomic mass is 9.77. The van der Waals surface area contributed by atoms with Crippen LogP contribution in [0.4, 0.5) is 10.1 Å². The van der Waals surface area contributed by atoms with Gasteiger partial charge in [0.2, 0.25) is 0 Å². The Hall–Kier alpha value is -1.76. The minimum absolute atomic E-state index is 0.0648. The normalized spacial score (nSPS) is 22.9. The number of nitrogens with two attached hydrogens (primary N) is 1. The molecule has 5 nitrogen and oxygen atoms in total. The van der Waals surface area contributed by atoms with E-state index in [0.29, 0.717) is 22.4 Å². The second-order valence-electron chi connectivity index (χ2n) is 7.61. The second kappa shape index (κ2) is 6.86. The predicted molar refractivity (Wildman–Crippen MR) is 96.3 cm³/mol. The highest BCUT2D eigenvalue weighted by Crippen LogP contribution is 2.33. The minimum atomic E-state index is -0.860. The molecule has 1 aliphatic rings. The Labute approximate surface area is 147 Å². The third kappa shape index (κ3) is 4.08. The zero-order valence-corrected chi connectivity index (χ0v) is 14.7. The fraction of sp³-hybridized carbons (Fsp3) is 0.526. The van der Waals surface area contributed by atoms with Crippen LogP contribution >= 0.6 is 0 Å². The average molecular weight is 347 g/mol. The predicted octanol–water partition coefficient (Wildman–Crippen LogP) is 2.87. The van der Waals surface area contributed by atoms with Crippen LogP contribution in [0.1, 0.15) is 51.3 Å². The maximum Gasteiger partial charge on any atom is 0.146 e. The number of nitrogens with zero attached hydrogens (tertiary/aromatic N) is 1. The summed E-state index contributed by atoms with van der Waals surface area (Å²) in [5, 5.41) is 24.4. The van der Waals surface area contributed by atoms with Gasteiger partial charge in [-0.2, -0.15) is 0 Å². The van der Waals surface area contributed by atoms with Crippen molar-refractivity contribution in [1.29, 1.82) is 0 Å². The first-order valence-electron chi connectivity index (χ1n) is 8.75. The van der Waals surface area contributed by atoms with E-state index in [9.17, 15) is 14.6 Å². The van der Waals surface area contributed by atoms with Gasteiger partial charge < -0.3 is 15.9 Å². The lowest BCUT2D eigenvalue weighted by Gasteiger charge is -2.36. The molecule has 2 aromatic rings. The van der Waals surface area contributed by atoms with Crippen LogP contribution in [0, 0.1) is 11.7 Å². The Bertz CT molecular complexity index is 752. The summed E-state index contributed by atoms with van der Waals surface area (Å²) in [5.74, 6) is -0.197. The van der Waals surface area contributed by atoms with Crippen LogP contribution in [0.2, 0.25) is 0 Å². The number of nitrogens with one attached hydrogen (secondary N) is 1. The van der Waals surface area contributed by atoms with Gasteiger partial charge in [0, 0.05) is 23.2 Å². The van der Waals surface area contributed by atoms with Crippen LogP contribution in [-0.2, 0) is 0 Å². The summed E-state index contributed by atoms with van der Waals surface area (Å²) in [6.07, 6.45) is 4.37. The quantitative estimate of drug-likeness (QED) is 0.504. The molecule has 1 aliphatic carbocycles. The molecule has 5 N–H and O–H groups in total. The highest BCUT2D eigenvalue weighted by molar-refractivity contribution is 5.82. The second-order valence-corrected chi connectivity index (χ2v) is 7.61. The third-order valence-corrected chi connectivity index (χ3v) is 5.26. The van der Waals surface area contributed by atoms with Gasteiger partial charge in [-0.15, -0.1) is 0 Å². The molecular weight excluding hydrogens is 321 g/mol. The monoisotopic (exact) mass is 347 g/mol. The van der Waals surface area contributed by atoms with Crippen molar-refractivity contribution >= 4 is 16.6 Å². The molecule has 0 aliphatic heterocycles. The number of nitrogen functional groups attached to an aromatic ring is 1. The van der Waals surface area contributed by atoms with Crippen LogP contribution < -0.4 is 11.1 Å². The summed E-state index contributed by atoms with van der Waals surface area (Å²) < 4.78 is 13.6. The van der Waals surface area contributed by atoms with Crippen LogP contribution in [0.15, 0.2) is 24.4 Å². The molecule has 0 radical (unpaired) electrons. The van der Waals surface area contributed by atoms with Gasteiger partial charge in [0.1, 0.15) is 12.0 Å². The highest BCUT2D eigenvalue weighted by Gasteiger charge is 2.31. The first-order chi connectivity index (χ1) is 11.7. The number of hydrogen-bond acceptors (Lipinski definition) is 5. The topological polar surface area (TPSA) is 91.4 Å². The summed E-state index contributed by atoms with van der Waals surface area (Å²) in [7, 11) is 0. The summed E-state index contributed by atoms with van der Waals surface area (Å²) >= 11 is 0. The summed E-state index contributed by atoms with van der Waals surface area (Å²) in [6, 6.07) is 4.74. The number of aromatic nitrogens is 1. The number of aliphatic hydroxyl groups is 2. The number of benzene rings is 1. The molecule has 1 heterocycles. The number of pyridine rings is 1. The highest BCUT2D eigenvalue weighted by atomic mass is 19.1. The molecule has 136 valence electrons. The Kier molecular flexibility index (Phi) is 4.95. The van der Waals surface area contributed by atoms with Crippen molar-refractivity contribution in [2.45, 2.75) is 57.4 Å². The molecule has 25 heavy (non-hydrogen) atoms. The number of fused-ring (bicyclic) bond motifs is 1. The van der Waals surface area contributed by atoms with E-state index in [0.717, 1.165) is 25.7 Å². The van der Waals surface area contributed by atoms with E-state index < -0.39 is 17.6 Å². The van der Waals surface area contributed by atoms with Gasteiger partial charge in [-0.3, -0.25) is 10.3 Å². The average Bonchev–Trinajstić information content (AvgIpc) is 2.55. The third-order valence-electron chi connectivity index (χ3n) is 5.26. The van der Waals surface area contributed by atoms with Crippen LogP contribution in [0.3, 0.4) is 0 Å². The summed E-state index contributed by atoms with van der Waals surface area (Å²) in [5.41, 5.74) is 6.16. The van der Waals surface area contributed by atoms with Crippen LogP contribution in [-0.4, -0.2) is 26.8 Å². The molecule has 1 unspecified atom stereocenters. The molecule has 0 spiro atoms. The van der Waals surface area contributed by atoms with Gasteiger partial charge in [0.25, 0.3) is 0 Å². The van der Waals surface area contributed by atoms with Gasteiger partial charge in [-0.25, -0.2) is 4.39 Å². The molecule has 1 aromatic carbocycles. The fourth-order valence-corrected chi connectivity index (χ4v) is 3.62. The van der Waals surface area contributed by atoms with Crippen molar-refractivity contribution in [3.8, 4) is 0 Å². The standard InChI is InChI=1S/C19H26FN3O2/c1-19(2,25)13-3-5-14(6-4-13)23-18(24)12-7-11-8-15(20)16(21)9-17(11)22-10-12/h7-10,13-14,18,23-25H,3-6,21H2,1-2H3. The molecule has 1 saturated carbocycles. The zero-order valence-electron chi connectivity index (χ0n) is 14.7. The molecule has 6 heteroatoms. The molecular formula is C19H26FN3O2. The fourth-order valence-electron chi connectivity index (χ4n) is 3.62. The summed E-state index contributed by atoms with van der Waals surface area (Å²) in [6.45, 7) is 3.71. The van der Waals surface area contributed by atoms with Crippen molar-refractivity contribution in [2.24, 2.45) is 5.92 Å². The first-order valence-corrected chi connectivity index (χ1v) is 8.75. The molecule has 3 rings (SSSR count). The van der Waals surface area contributed by atoms with E-state index in [4.69, 9.17) is 5.73 Å². The van der Waals surface area contributed by atoms with Crippen LogP contribution in [0.5, 0.6) is 0 Å². The maximum absolute atomic E-state index is 13.6. The lowest BCUT2D eigenvalue weighted by molar-refractivity contribution is -0.00658. The van der Waals surface area contributed by atoms with E-state index in [1.807, 2.05) is 13.8 Å². The Morgan fingerprint density at radius 3 is 2.56 bits per heavy atom. The molecule has 0 saturated heterocycles. The Morgan fingerprint density at radius 1 is 1.24 bits per heavy atom. The van der Waals surface area contributed by atoms with Crippen molar-refractivity contribution in [1.82, 2.24) is 10.3 Å². The van der Waals surface area contributed by atoms with Gasteiger partial charge in [0.15, 0.2) is 0 Å². The molecule has 1 fully saturated rings. The minimum Gasteiger partial charge on any atom is -0.396 e. The lowest BCUT2D eigenvalue weighted by Crippen LogP contribution is -2.40. The molecule has 1 atom stereocenters. The Morgan fingerprint density at radius 2 is 1.92 bits per heavy atom. The van der Waals surface area contributed by atoms with E-state index in [1.165, 1.54) is 12.1 Å². The van der Waals surface area contributed by atoms with E-state index in [-0.39, 0.29) is 11.7 Å². The van der Waals surface area contributed by atoms with Gasteiger partial charge >= 0.3 is 0 Å². The van der Waals surface area contributed by atoms with E-state index >= 15 is 0 Å². The number of halogens is 1. The van der Waals surface area contributed by atoms with Crippen molar-refractivity contribution < 1.29 is 14.6 Å². The maximum atomic E-state index is 13.6. The number of rotatable bonds is 4.